The number of ether oxygens (including phenoxy) is 1. The van der Waals surface area contributed by atoms with Crippen LogP contribution in [0.4, 0.5) is 0 Å². The molecule has 0 aliphatic rings. The first-order valence-electron chi connectivity index (χ1n) is 2.21. The van der Waals surface area contributed by atoms with Gasteiger partial charge in [-0.05, 0) is 5.21 Å². The Morgan fingerprint density at radius 1 is 1.70 bits per heavy atom. The molecule has 1 radical (unpaired) electrons. The van der Waals surface area contributed by atoms with E-state index in [0.29, 0.717) is 0 Å². The Hall–Kier alpha value is -0.265. The van der Waals surface area contributed by atoms with Crippen LogP contribution in [0.2, 0.25) is 0 Å². The van der Waals surface area contributed by atoms with Gasteiger partial charge in [0.05, 0.1) is 0 Å². The summed E-state index contributed by atoms with van der Waals surface area (Å²) in [5.74, 6) is -0.462. The van der Waals surface area contributed by atoms with Gasteiger partial charge in [-0.2, -0.15) is 5.21 Å². The largest absolute Gasteiger partial charge is 0.389 e. The van der Waals surface area contributed by atoms with Crippen molar-refractivity contribution < 1.29 is 45.1 Å². The van der Waals surface area contributed by atoms with Crippen LogP contribution in [0.15, 0.2) is 0 Å². The van der Waals surface area contributed by atoms with Crippen molar-refractivity contribution in [3.63, 3.8) is 0 Å². The van der Waals surface area contributed by atoms with Crippen LogP contribution in [-0.2, 0) is 4.79 Å². The molecule has 51 valence electrons. The fourth-order valence-corrected chi connectivity index (χ4v) is 0.324. The first-order valence-corrected chi connectivity index (χ1v) is 2.21. The van der Waals surface area contributed by atoms with Gasteiger partial charge in [0.2, 0.25) is 0 Å². The first kappa shape index (κ1) is 9.73. The van der Waals surface area contributed by atoms with Crippen molar-refractivity contribution in [2.45, 2.75) is 6.92 Å². The number of hydrogen-bond acceptors (Lipinski definition) is 5. The minimum absolute atomic E-state index is 0. The molecule has 0 bridgehead atoms. The fraction of sp³-hybridized carbons (Fsp3) is 0.333. The van der Waals surface area contributed by atoms with Gasteiger partial charge in [-0.1, -0.05) is 10.2 Å². The van der Waals surface area contributed by atoms with E-state index >= 15 is 0 Å². The predicted molar refractivity (Wildman–Crippen MR) is 25.5 cm³/mol. The maximum absolute atomic E-state index is 10.2. The molecular weight excluding hydrogens is 263 g/mol. The summed E-state index contributed by atoms with van der Waals surface area (Å²) < 4.78 is 4.40. The van der Waals surface area contributed by atoms with Gasteiger partial charge in [0.25, 0.3) is 0 Å². The zero-order valence-electron chi connectivity index (χ0n) is 5.24. The molecule has 0 fully saturated rings. The average Bonchev–Trinajstić information content (AvgIpc) is 2.15. The number of nitrogens with zero attached hydrogens (tertiary/aromatic N) is 3. The van der Waals surface area contributed by atoms with Crippen molar-refractivity contribution >= 4 is 5.97 Å². The van der Waals surface area contributed by atoms with E-state index in [1.54, 1.807) is 0 Å². The number of carbonyl (C=O) groups excluding carboxylic acids is 1. The molecule has 7 heteroatoms. The second-order valence-corrected chi connectivity index (χ2v) is 1.29. The van der Waals surface area contributed by atoms with E-state index in [1.807, 2.05) is 0 Å². The summed E-state index contributed by atoms with van der Waals surface area (Å²) in [6.07, 6.45) is 0. The number of esters is 1. The Bertz CT molecular complexity index is 198. The first-order chi connectivity index (χ1) is 4.29. The van der Waals surface area contributed by atoms with Crippen LogP contribution in [0.1, 0.15) is 6.92 Å². The number of aromatic nitrogens is 4. The third kappa shape index (κ3) is 3.04. The van der Waals surface area contributed by atoms with Gasteiger partial charge in [-0.3, -0.25) is 4.79 Å². The number of carbonyl (C=O) groups is 1. The molecule has 0 saturated carbocycles. The maximum Gasteiger partial charge on any atom is 0.363 e. The molecule has 0 atom stereocenters. The molecule has 0 saturated heterocycles. The van der Waals surface area contributed by atoms with Crippen molar-refractivity contribution in [3.8, 4) is 6.01 Å². The molecular formula is C3H4LaN4O2. The van der Waals surface area contributed by atoms with E-state index in [2.05, 4.69) is 25.4 Å². The van der Waals surface area contributed by atoms with Crippen molar-refractivity contribution in [3.05, 3.63) is 0 Å². The van der Waals surface area contributed by atoms with E-state index in [1.165, 1.54) is 6.92 Å². The molecule has 1 N–H and O–H groups in total. The third-order valence-corrected chi connectivity index (χ3v) is 0.561. The quantitative estimate of drug-likeness (QED) is 0.668. The van der Waals surface area contributed by atoms with Crippen molar-refractivity contribution in [1.29, 1.82) is 0 Å². The molecule has 0 unspecified atom stereocenters. The minimum atomic E-state index is -0.462. The van der Waals surface area contributed by atoms with Gasteiger partial charge in [-0.25, -0.2) is 0 Å². The molecule has 0 spiro atoms. The average molecular weight is 267 g/mol. The monoisotopic (exact) mass is 267 g/mol. The van der Waals surface area contributed by atoms with Crippen LogP contribution in [0.3, 0.4) is 0 Å². The van der Waals surface area contributed by atoms with Gasteiger partial charge in [0.1, 0.15) is 0 Å². The second-order valence-electron chi connectivity index (χ2n) is 1.29. The van der Waals surface area contributed by atoms with Crippen molar-refractivity contribution in [1.82, 2.24) is 20.6 Å². The molecule has 6 nitrogen and oxygen atoms in total. The molecule has 0 aromatic carbocycles. The van der Waals surface area contributed by atoms with Crippen LogP contribution in [-0.4, -0.2) is 26.6 Å². The second kappa shape index (κ2) is 4.53. The van der Waals surface area contributed by atoms with Gasteiger partial charge in [0.15, 0.2) is 0 Å². The summed E-state index contributed by atoms with van der Waals surface area (Å²) in [7, 11) is 0. The topological polar surface area (TPSA) is 80.8 Å². The summed E-state index contributed by atoms with van der Waals surface area (Å²) in [5, 5.41) is 12.0. The van der Waals surface area contributed by atoms with Gasteiger partial charge < -0.3 is 4.74 Å². The number of aromatic amines is 1. The van der Waals surface area contributed by atoms with Crippen molar-refractivity contribution in [2.75, 3.05) is 0 Å². The smallest absolute Gasteiger partial charge is 0.363 e. The Morgan fingerprint density at radius 2 is 2.40 bits per heavy atom. The molecule has 1 aromatic rings. The normalized spacial score (nSPS) is 8.10. The Balaban J connectivity index is 0.000000810. The Morgan fingerprint density at radius 3 is 2.80 bits per heavy atom. The SMILES string of the molecule is CC(=O)Oc1nn[nH]n1.[La]. The number of hydrogen-bond donors (Lipinski definition) is 1. The van der Waals surface area contributed by atoms with Crippen LogP contribution >= 0.6 is 0 Å². The van der Waals surface area contributed by atoms with Crippen LogP contribution in [0.25, 0.3) is 0 Å². The zero-order chi connectivity index (χ0) is 6.69. The van der Waals surface area contributed by atoms with E-state index in [4.69, 9.17) is 0 Å². The van der Waals surface area contributed by atoms with Crippen LogP contribution < -0.4 is 4.74 Å². The summed E-state index contributed by atoms with van der Waals surface area (Å²) >= 11 is 0. The molecule has 1 heterocycles. The standard InChI is InChI=1S/C3H4N4O2.La/c1-2(8)9-3-4-6-7-5-3;/h1H3,(H,4,5,6,7);. The molecule has 0 aliphatic heterocycles. The van der Waals surface area contributed by atoms with Crippen LogP contribution in [0, 0.1) is 35.6 Å². The van der Waals surface area contributed by atoms with E-state index < -0.39 is 5.97 Å². The maximum atomic E-state index is 10.2. The number of H-pyrrole nitrogens is 1. The Kier molecular flexibility index (Phi) is 4.41. The zero-order valence-corrected chi connectivity index (χ0v) is 8.86. The van der Waals surface area contributed by atoms with E-state index in [0.717, 1.165) is 0 Å². The van der Waals surface area contributed by atoms with E-state index in [-0.39, 0.29) is 41.6 Å². The predicted octanol–water partition coefficient (Wildman–Crippen LogP) is -0.875. The van der Waals surface area contributed by atoms with E-state index in [9.17, 15) is 4.79 Å². The van der Waals surface area contributed by atoms with Gasteiger partial charge in [-0.15, -0.1) is 0 Å². The fourth-order valence-electron chi connectivity index (χ4n) is 0.324. The molecule has 0 amide bonds. The van der Waals surface area contributed by atoms with Gasteiger partial charge >= 0.3 is 12.0 Å². The van der Waals surface area contributed by atoms with Crippen molar-refractivity contribution in [2.24, 2.45) is 0 Å². The summed E-state index contributed by atoms with van der Waals surface area (Å²) in [6, 6.07) is -0.0532. The minimum Gasteiger partial charge on any atom is -0.389 e. The molecule has 1 rings (SSSR count). The number of rotatable bonds is 1. The van der Waals surface area contributed by atoms with Crippen LogP contribution in [0.5, 0.6) is 6.01 Å². The molecule has 10 heavy (non-hydrogen) atoms. The third-order valence-electron chi connectivity index (χ3n) is 0.561. The number of nitrogens with one attached hydrogen (secondary N) is 1. The summed E-state index contributed by atoms with van der Waals surface area (Å²) in [4.78, 5) is 10.2. The summed E-state index contributed by atoms with van der Waals surface area (Å²) in [6.45, 7) is 1.26. The van der Waals surface area contributed by atoms with Gasteiger partial charge in [0, 0.05) is 42.5 Å². The summed E-state index contributed by atoms with van der Waals surface area (Å²) in [5.41, 5.74) is 0. The number of tetrazole rings is 1. The molecule has 0 aliphatic carbocycles. The molecule has 1 aromatic heterocycles. The Labute approximate surface area is 84.3 Å².